The molecule has 0 aliphatic rings. The fourth-order valence-corrected chi connectivity index (χ4v) is 19.8. The van der Waals surface area contributed by atoms with Crippen LogP contribution >= 0.6 is 11.3 Å². The summed E-state index contributed by atoms with van der Waals surface area (Å²) in [4.78, 5) is 45.2. The molecule has 0 N–H and O–H groups in total. The van der Waals surface area contributed by atoms with Crippen molar-refractivity contribution in [1.29, 1.82) is 0 Å². The van der Waals surface area contributed by atoms with Gasteiger partial charge in [0.05, 0.1) is 0 Å². The van der Waals surface area contributed by atoms with Crippen LogP contribution in [-0.4, -0.2) is 44.9 Å². The van der Waals surface area contributed by atoms with Gasteiger partial charge in [-0.15, -0.1) is 11.3 Å². The minimum absolute atomic E-state index is 0.663. The summed E-state index contributed by atoms with van der Waals surface area (Å²) in [7, 11) is 0. The van der Waals surface area contributed by atoms with Crippen LogP contribution in [0.1, 0.15) is 0 Å². The van der Waals surface area contributed by atoms with Crippen molar-refractivity contribution in [1.82, 2.24) is 44.9 Å². The lowest BCUT2D eigenvalue weighted by Gasteiger charge is -2.15. The summed E-state index contributed by atoms with van der Waals surface area (Å²) in [6.07, 6.45) is 0. The summed E-state index contributed by atoms with van der Waals surface area (Å²) in [5.41, 5.74) is 8.78. The molecule has 0 amide bonds. The van der Waals surface area contributed by atoms with E-state index >= 15 is 0 Å². The molecule has 9 nitrogen and oxygen atoms in total. The van der Waals surface area contributed by atoms with Gasteiger partial charge in [0.15, 0.2) is 52.4 Å². The van der Waals surface area contributed by atoms with E-state index in [1.165, 1.54) is 139 Å². The highest BCUT2D eigenvalue weighted by molar-refractivity contribution is 7.26. The smallest absolute Gasteiger partial charge is 0.165 e. The fraction of sp³-hybridized carbons (Fsp3) is 0. The first kappa shape index (κ1) is 74.1. The number of hydrogen-bond acceptors (Lipinski definition) is 10. The zero-order valence-electron chi connectivity index (χ0n) is 68.4. The highest BCUT2D eigenvalue weighted by Gasteiger charge is 2.23. The van der Waals surface area contributed by atoms with Crippen LogP contribution < -0.4 is 0 Å². The molecule has 4 aromatic heterocycles. The van der Waals surface area contributed by atoms with Gasteiger partial charge in [-0.25, -0.2) is 44.9 Å². The van der Waals surface area contributed by atoms with E-state index in [0.29, 0.717) is 52.4 Å². The van der Waals surface area contributed by atoms with Crippen LogP contribution in [0.25, 0.3) is 252 Å². The van der Waals surface area contributed by atoms with Crippen molar-refractivity contribution >= 4 is 161 Å². The monoisotopic (exact) mass is 1630 g/mol. The molecule has 0 bridgehead atoms. The molecule has 0 aliphatic heterocycles. The molecule has 127 heavy (non-hydrogen) atoms. The minimum Gasteiger partial charge on any atom is -0.208 e. The minimum atomic E-state index is 0.663. The van der Waals surface area contributed by atoms with E-state index in [1.54, 1.807) is 11.3 Å². The van der Waals surface area contributed by atoms with Crippen LogP contribution in [-0.2, 0) is 0 Å². The summed E-state index contributed by atoms with van der Waals surface area (Å²) in [6, 6.07) is 151. The number of fused-ring (bicyclic) bond motifs is 24. The zero-order valence-corrected chi connectivity index (χ0v) is 69.2. The molecule has 0 atom stereocenters. The summed E-state index contributed by atoms with van der Waals surface area (Å²) >= 11 is 1.79. The van der Waals surface area contributed by atoms with Crippen molar-refractivity contribution < 1.29 is 0 Å². The predicted molar refractivity (Wildman–Crippen MR) is 531 cm³/mol. The highest BCUT2D eigenvalue weighted by atomic mass is 32.1. The Kier molecular flexibility index (Phi) is 18.2. The number of benzene rings is 22. The average Bonchev–Trinajstić information content (AvgIpc) is 1.71. The molecule has 0 spiro atoms. The van der Waals surface area contributed by atoms with E-state index in [-0.39, 0.29) is 0 Å². The van der Waals surface area contributed by atoms with Gasteiger partial charge in [-0.05, 0) is 154 Å². The van der Waals surface area contributed by atoms with Gasteiger partial charge in [-0.3, -0.25) is 0 Å². The van der Waals surface area contributed by atoms with Gasteiger partial charge in [-0.1, -0.05) is 400 Å². The van der Waals surface area contributed by atoms with Crippen molar-refractivity contribution in [3.63, 3.8) is 0 Å². The number of rotatable bonds is 9. The summed E-state index contributed by atoms with van der Waals surface area (Å²) in [6.45, 7) is 0. The second-order valence-corrected chi connectivity index (χ2v) is 33.2. The van der Waals surface area contributed by atoms with Crippen molar-refractivity contribution in [2.75, 3.05) is 0 Å². The Balaban J connectivity index is 0.000000107. The van der Waals surface area contributed by atoms with Crippen LogP contribution in [0.5, 0.6) is 0 Å². The second-order valence-electron chi connectivity index (χ2n) is 32.1. The van der Waals surface area contributed by atoms with Crippen LogP contribution in [0, 0.1) is 0 Å². The topological polar surface area (TPSA) is 116 Å². The molecule has 26 rings (SSSR count). The first-order chi connectivity index (χ1) is 62.9. The molecule has 0 unspecified atom stereocenters. The van der Waals surface area contributed by atoms with Gasteiger partial charge in [-0.2, -0.15) is 0 Å². The average molecular weight is 1630 g/mol. The lowest BCUT2D eigenvalue weighted by atomic mass is 9.90. The molecule has 0 aliphatic carbocycles. The predicted octanol–water partition coefficient (Wildman–Crippen LogP) is 30.8. The first-order valence-electron chi connectivity index (χ1n) is 42.7. The summed E-state index contributed by atoms with van der Waals surface area (Å²) < 4.78 is 2.45. The quantitative estimate of drug-likeness (QED) is 0.130. The molecule has 22 aromatic carbocycles. The Morgan fingerprint density at radius 1 is 0.134 bits per heavy atom. The van der Waals surface area contributed by atoms with Crippen LogP contribution in [0.3, 0.4) is 0 Å². The van der Waals surface area contributed by atoms with Gasteiger partial charge in [0.25, 0.3) is 0 Å². The van der Waals surface area contributed by atoms with E-state index < -0.39 is 0 Å². The number of thiophene rings is 1. The van der Waals surface area contributed by atoms with Crippen LogP contribution in [0.4, 0.5) is 0 Å². The standard InChI is InChI=1S/C43H25N3S.2C37H23N3/c1-2-10-29(11-3-1)41-44-42(46-43(45-41)36-15-8-14-35-33-13-6-7-16-38(33)47-40(35)36)30-20-18-27-17-19-28-22-23-32-31-12-5-4-9-26(31)21-24-34(32)39(28)37(27)25-30;1-3-13-26(14-4-1)35-38-36(27-15-5-2-6-16-27)40-37(39-35)32-23-28-20-19-24-11-7-9-17-29(24)33(28)31-22-21-25-12-8-10-18-30(25)34(31)32;1-3-10-26(11-4-1)35-38-36(27-12-5-2-6-13-27)40-37(39-35)29-19-20-31-28(23-29)16-15-25-18-21-32-30-14-8-7-9-24(30)17-22-33(32)34(25)31/h1-25H;2*1-23H. The summed E-state index contributed by atoms with van der Waals surface area (Å²) in [5, 5.41) is 32.0. The highest BCUT2D eigenvalue weighted by Crippen LogP contribution is 2.46. The molecule has 0 radical (unpaired) electrons. The van der Waals surface area contributed by atoms with Gasteiger partial charge >= 0.3 is 0 Å². The Hall–Kier alpha value is -16.8. The number of hydrogen-bond donors (Lipinski definition) is 0. The molecular weight excluding hydrogens is 1560 g/mol. The molecule has 0 saturated heterocycles. The Morgan fingerprint density at radius 3 is 0.937 bits per heavy atom. The lowest BCUT2D eigenvalue weighted by molar-refractivity contribution is 1.07. The van der Waals surface area contributed by atoms with E-state index in [1.807, 2.05) is 140 Å². The van der Waals surface area contributed by atoms with Crippen molar-refractivity contribution in [2.24, 2.45) is 0 Å². The van der Waals surface area contributed by atoms with Crippen LogP contribution in [0.15, 0.2) is 431 Å². The first-order valence-corrected chi connectivity index (χ1v) is 43.5. The van der Waals surface area contributed by atoms with Crippen LogP contribution in [0.2, 0.25) is 0 Å². The van der Waals surface area contributed by atoms with E-state index in [0.717, 1.165) is 60.8 Å². The summed E-state index contributed by atoms with van der Waals surface area (Å²) in [5.74, 6) is 6.01. The zero-order chi connectivity index (χ0) is 83.8. The second kappa shape index (κ2) is 31.3. The molecule has 0 saturated carbocycles. The normalized spacial score (nSPS) is 11.6. The van der Waals surface area contributed by atoms with Crippen molar-refractivity contribution in [3.05, 3.63) is 431 Å². The maximum Gasteiger partial charge on any atom is 0.165 e. The molecule has 26 aromatic rings. The SMILES string of the molecule is c1ccc(-c2nc(-c3ccc4ccc5ccc6c7ccccc7ccc6c5c4c3)nc(-c3cccc4c3sc3ccccc34)n2)cc1.c1ccc(-c2nc(-c3ccccc3)nc(-c3cc4ccc5ccccc5c4c4ccc5ccccc5c34)n2)cc1.c1ccc(-c2nc(-c3ccccc3)nc(-c3ccc4c(ccc5ccc6c7ccccc7ccc6c54)c3)n2)cc1. The van der Waals surface area contributed by atoms with E-state index in [9.17, 15) is 0 Å². The largest absolute Gasteiger partial charge is 0.208 e. The van der Waals surface area contributed by atoms with E-state index in [2.05, 4.69) is 291 Å². The maximum atomic E-state index is 5.19. The lowest BCUT2D eigenvalue weighted by Crippen LogP contribution is -2.01. The number of aromatic nitrogens is 9. The van der Waals surface area contributed by atoms with Gasteiger partial charge < -0.3 is 0 Å². The third kappa shape index (κ3) is 13.4. The molecule has 4 heterocycles. The Labute approximate surface area is 733 Å². The number of nitrogens with zero attached hydrogens (tertiary/aromatic N) is 9. The Bertz CT molecular complexity index is 8780. The van der Waals surface area contributed by atoms with Crippen molar-refractivity contribution in [3.8, 4) is 102 Å². The van der Waals surface area contributed by atoms with Crippen molar-refractivity contribution in [2.45, 2.75) is 0 Å². The van der Waals surface area contributed by atoms with Gasteiger partial charge in [0, 0.05) is 75.6 Å². The third-order valence-corrected chi connectivity index (χ3v) is 25.9. The Morgan fingerprint density at radius 2 is 0.433 bits per heavy atom. The maximum absolute atomic E-state index is 5.19. The molecule has 10 heteroatoms. The fourth-order valence-electron chi connectivity index (χ4n) is 18.6. The molecular formula is C117H71N9S. The third-order valence-electron chi connectivity index (χ3n) is 24.6. The molecule has 0 fully saturated rings. The van der Waals surface area contributed by atoms with Gasteiger partial charge in [0.1, 0.15) is 0 Å². The van der Waals surface area contributed by atoms with Gasteiger partial charge in [0.2, 0.25) is 0 Å². The molecule has 590 valence electrons. The van der Waals surface area contributed by atoms with E-state index in [4.69, 9.17) is 44.9 Å².